The van der Waals surface area contributed by atoms with Crippen LogP contribution in [0.25, 0.3) is 0 Å². The molecule has 1 aliphatic heterocycles. The summed E-state index contributed by atoms with van der Waals surface area (Å²) < 4.78 is 1.98. The summed E-state index contributed by atoms with van der Waals surface area (Å²) >= 11 is 0. The molecule has 2 aromatic rings. The lowest BCUT2D eigenvalue weighted by molar-refractivity contribution is -0.141. The number of nitrogens with zero attached hydrogens (tertiary/aromatic N) is 3. The molecule has 23 heavy (non-hydrogen) atoms. The Bertz CT molecular complexity index is 667. The summed E-state index contributed by atoms with van der Waals surface area (Å²) in [6, 6.07) is 10.00. The van der Waals surface area contributed by atoms with Crippen LogP contribution in [0.5, 0.6) is 0 Å². The van der Waals surface area contributed by atoms with Gasteiger partial charge in [0.25, 0.3) is 5.91 Å². The fourth-order valence-electron chi connectivity index (χ4n) is 3.18. The average molecular weight is 311 g/mol. The van der Waals surface area contributed by atoms with E-state index >= 15 is 0 Å². The first-order chi connectivity index (χ1) is 11.2. The van der Waals surface area contributed by atoms with Gasteiger partial charge in [-0.15, -0.1) is 0 Å². The second-order valence-electron chi connectivity index (χ2n) is 6.06. The molecule has 0 bridgehead atoms. The molecule has 1 aromatic carbocycles. The largest absolute Gasteiger partial charge is 0.337 e. The number of ketones is 1. The Morgan fingerprint density at radius 3 is 2.61 bits per heavy atom. The smallest absolute Gasteiger partial charge is 0.290 e. The SMILES string of the molecule is CC1C(=O)C(=O)N(CCCn2ccnc2)C1Cc1ccccc1. The Hall–Kier alpha value is -2.43. The first kappa shape index (κ1) is 15.5. The molecular formula is C18H21N3O2. The van der Waals surface area contributed by atoms with Crippen molar-refractivity contribution in [3.8, 4) is 0 Å². The summed E-state index contributed by atoms with van der Waals surface area (Å²) in [6.07, 6.45) is 6.95. The van der Waals surface area contributed by atoms with Crippen LogP contribution in [0.4, 0.5) is 0 Å². The predicted molar refractivity (Wildman–Crippen MR) is 86.7 cm³/mol. The van der Waals surface area contributed by atoms with Gasteiger partial charge in [0.05, 0.1) is 6.33 Å². The van der Waals surface area contributed by atoms with Gasteiger partial charge in [0.1, 0.15) is 0 Å². The second kappa shape index (κ2) is 6.77. The van der Waals surface area contributed by atoms with Crippen molar-refractivity contribution in [3.05, 3.63) is 54.6 Å². The highest BCUT2D eigenvalue weighted by Crippen LogP contribution is 2.25. The molecule has 2 heterocycles. The van der Waals surface area contributed by atoms with Crippen LogP contribution in [0, 0.1) is 5.92 Å². The zero-order chi connectivity index (χ0) is 16.2. The maximum Gasteiger partial charge on any atom is 0.290 e. The van der Waals surface area contributed by atoms with Gasteiger partial charge < -0.3 is 9.47 Å². The molecule has 0 spiro atoms. The molecule has 0 N–H and O–H groups in total. The minimum absolute atomic E-state index is 0.0415. The van der Waals surface area contributed by atoms with Gasteiger partial charge in [-0.3, -0.25) is 9.59 Å². The van der Waals surface area contributed by atoms with Crippen LogP contribution in [0.2, 0.25) is 0 Å². The van der Waals surface area contributed by atoms with Crippen molar-refractivity contribution in [3.63, 3.8) is 0 Å². The summed E-state index contributed by atoms with van der Waals surface area (Å²) in [5.74, 6) is -0.825. The molecule has 1 aromatic heterocycles. The van der Waals surface area contributed by atoms with E-state index in [2.05, 4.69) is 4.98 Å². The van der Waals surface area contributed by atoms with Gasteiger partial charge >= 0.3 is 0 Å². The highest BCUT2D eigenvalue weighted by molar-refractivity contribution is 6.39. The molecule has 0 aliphatic carbocycles. The third-order valence-corrected chi connectivity index (χ3v) is 4.52. The van der Waals surface area contributed by atoms with Gasteiger partial charge in [0.15, 0.2) is 0 Å². The number of carbonyl (C=O) groups excluding carboxylic acids is 2. The Labute approximate surface area is 135 Å². The third-order valence-electron chi connectivity index (χ3n) is 4.52. The number of rotatable bonds is 6. The maximum atomic E-state index is 12.3. The Morgan fingerprint density at radius 1 is 1.13 bits per heavy atom. The number of hydrogen-bond donors (Lipinski definition) is 0. The summed E-state index contributed by atoms with van der Waals surface area (Å²) in [5.41, 5.74) is 1.16. The molecule has 5 nitrogen and oxygen atoms in total. The van der Waals surface area contributed by atoms with Crippen molar-refractivity contribution < 1.29 is 9.59 Å². The zero-order valence-electron chi connectivity index (χ0n) is 13.3. The maximum absolute atomic E-state index is 12.3. The fourth-order valence-corrected chi connectivity index (χ4v) is 3.18. The predicted octanol–water partition coefficient (Wildman–Crippen LogP) is 1.93. The van der Waals surface area contributed by atoms with E-state index in [0.717, 1.165) is 24.9 Å². The number of aryl methyl sites for hydroxylation is 1. The van der Waals surface area contributed by atoms with Crippen molar-refractivity contribution in [2.45, 2.75) is 32.4 Å². The van der Waals surface area contributed by atoms with E-state index in [1.54, 1.807) is 17.4 Å². The van der Waals surface area contributed by atoms with Crippen LogP contribution >= 0.6 is 0 Å². The summed E-state index contributed by atoms with van der Waals surface area (Å²) in [4.78, 5) is 30.1. The van der Waals surface area contributed by atoms with Crippen molar-refractivity contribution in [1.29, 1.82) is 0 Å². The van der Waals surface area contributed by atoms with E-state index < -0.39 is 0 Å². The lowest BCUT2D eigenvalue weighted by Gasteiger charge is -2.26. The monoisotopic (exact) mass is 311 g/mol. The lowest BCUT2D eigenvalue weighted by atomic mass is 9.95. The number of hydrogen-bond acceptors (Lipinski definition) is 3. The summed E-state index contributed by atoms with van der Waals surface area (Å²) in [7, 11) is 0. The highest BCUT2D eigenvalue weighted by atomic mass is 16.2. The molecule has 5 heteroatoms. The molecule has 2 unspecified atom stereocenters. The molecule has 1 fully saturated rings. The Balaban J connectivity index is 1.67. The first-order valence-electron chi connectivity index (χ1n) is 8.01. The van der Waals surface area contributed by atoms with Crippen LogP contribution in [-0.2, 0) is 22.6 Å². The van der Waals surface area contributed by atoms with Crippen LogP contribution in [0.3, 0.4) is 0 Å². The van der Waals surface area contributed by atoms with Gasteiger partial charge in [0, 0.05) is 37.4 Å². The molecule has 2 atom stereocenters. The zero-order valence-corrected chi connectivity index (χ0v) is 13.3. The quantitative estimate of drug-likeness (QED) is 0.766. The standard InChI is InChI=1S/C18H21N3O2/c1-14-16(12-15-6-3-2-4-7-15)21(18(23)17(14)22)10-5-9-20-11-8-19-13-20/h2-4,6-8,11,13-14,16H,5,9-10,12H2,1H3. The van der Waals surface area contributed by atoms with Crippen molar-refractivity contribution >= 4 is 11.7 Å². The third kappa shape index (κ3) is 3.33. The van der Waals surface area contributed by atoms with E-state index in [9.17, 15) is 9.59 Å². The highest BCUT2D eigenvalue weighted by Gasteiger charge is 2.43. The Kier molecular flexibility index (Phi) is 4.55. The van der Waals surface area contributed by atoms with E-state index in [4.69, 9.17) is 0 Å². The number of likely N-dealkylation sites (tertiary alicyclic amines) is 1. The van der Waals surface area contributed by atoms with Crippen LogP contribution < -0.4 is 0 Å². The molecule has 1 saturated heterocycles. The van der Waals surface area contributed by atoms with Crippen molar-refractivity contribution in [1.82, 2.24) is 14.5 Å². The van der Waals surface area contributed by atoms with Crippen LogP contribution in [-0.4, -0.2) is 38.7 Å². The number of benzene rings is 1. The van der Waals surface area contributed by atoms with E-state index in [1.165, 1.54) is 0 Å². The van der Waals surface area contributed by atoms with Crippen LogP contribution in [0.15, 0.2) is 49.1 Å². The molecule has 0 saturated carbocycles. The molecule has 1 aliphatic rings. The Morgan fingerprint density at radius 2 is 1.91 bits per heavy atom. The fraction of sp³-hybridized carbons (Fsp3) is 0.389. The summed E-state index contributed by atoms with van der Waals surface area (Å²) in [6.45, 7) is 3.26. The van der Waals surface area contributed by atoms with Crippen LogP contribution in [0.1, 0.15) is 18.9 Å². The average Bonchev–Trinajstić information content (AvgIpc) is 3.15. The number of imidazole rings is 1. The second-order valence-corrected chi connectivity index (χ2v) is 6.06. The molecule has 0 radical (unpaired) electrons. The number of carbonyl (C=O) groups is 2. The molecule has 3 rings (SSSR count). The van der Waals surface area contributed by atoms with E-state index in [-0.39, 0.29) is 23.7 Å². The molecule has 120 valence electrons. The minimum atomic E-state index is -0.330. The van der Waals surface area contributed by atoms with E-state index in [1.807, 2.05) is 48.0 Å². The first-order valence-corrected chi connectivity index (χ1v) is 8.01. The number of aromatic nitrogens is 2. The van der Waals surface area contributed by atoms with E-state index in [0.29, 0.717) is 6.54 Å². The van der Waals surface area contributed by atoms with Gasteiger partial charge in [-0.05, 0) is 18.4 Å². The number of Topliss-reactive ketones (excluding diaryl/α,β-unsaturated/α-hetero) is 1. The number of amides is 1. The topological polar surface area (TPSA) is 55.2 Å². The minimum Gasteiger partial charge on any atom is -0.337 e. The van der Waals surface area contributed by atoms with Gasteiger partial charge in [-0.25, -0.2) is 4.98 Å². The normalized spacial score (nSPS) is 21.2. The van der Waals surface area contributed by atoms with Crippen molar-refractivity contribution in [2.24, 2.45) is 5.92 Å². The van der Waals surface area contributed by atoms with Gasteiger partial charge in [-0.2, -0.15) is 0 Å². The van der Waals surface area contributed by atoms with Gasteiger partial charge in [0.2, 0.25) is 5.78 Å². The molecular weight excluding hydrogens is 290 g/mol. The van der Waals surface area contributed by atoms with Gasteiger partial charge in [-0.1, -0.05) is 37.3 Å². The lowest BCUT2D eigenvalue weighted by Crippen LogP contribution is -2.37. The molecule has 1 amide bonds. The summed E-state index contributed by atoms with van der Waals surface area (Å²) in [5, 5.41) is 0. The van der Waals surface area contributed by atoms with Crippen molar-refractivity contribution in [2.75, 3.05) is 6.54 Å².